The fraction of sp³-hybridized carbons (Fsp3) is 0.300. The fourth-order valence-electron chi connectivity index (χ4n) is 2.50. The van der Waals surface area contributed by atoms with E-state index in [1.165, 1.54) is 5.56 Å². The summed E-state index contributed by atoms with van der Waals surface area (Å²) in [5, 5.41) is 8.88. The smallest absolute Gasteiger partial charge is 0.257 e. The molecule has 0 saturated carbocycles. The molecular weight excluding hydrogens is 300 g/mol. The summed E-state index contributed by atoms with van der Waals surface area (Å²) in [5.41, 5.74) is 1.72. The number of hydrogen-bond donors (Lipinski definition) is 0. The number of hydrogen-bond acceptors (Lipinski definition) is 3. The lowest BCUT2D eigenvalue weighted by Gasteiger charge is -2.23. The van der Waals surface area contributed by atoms with Crippen molar-refractivity contribution >= 4 is 5.91 Å². The summed E-state index contributed by atoms with van der Waals surface area (Å²) in [6.45, 7) is 3.39. The molecule has 0 atom stereocenters. The molecule has 0 aliphatic heterocycles. The highest BCUT2D eigenvalue weighted by atomic mass is 16.5. The minimum absolute atomic E-state index is 0.0924. The lowest BCUT2D eigenvalue weighted by Crippen LogP contribution is -2.34. The number of rotatable bonds is 8. The topological polar surface area (TPSA) is 53.3 Å². The Labute approximate surface area is 143 Å². The van der Waals surface area contributed by atoms with Gasteiger partial charge in [0.25, 0.3) is 5.91 Å². The number of benzene rings is 2. The Hall–Kier alpha value is -2.80. The number of nitriles is 1. The Morgan fingerprint density at radius 1 is 1.08 bits per heavy atom. The van der Waals surface area contributed by atoms with Crippen molar-refractivity contribution in [2.75, 3.05) is 19.7 Å². The molecular formula is C20H22N2O2. The first kappa shape index (κ1) is 17.6. The Kier molecular flexibility index (Phi) is 6.85. The minimum Gasteiger partial charge on any atom is -0.493 e. The second-order valence-electron chi connectivity index (χ2n) is 5.37. The summed E-state index contributed by atoms with van der Waals surface area (Å²) in [7, 11) is 0. The first-order valence-electron chi connectivity index (χ1n) is 8.18. The summed E-state index contributed by atoms with van der Waals surface area (Å²) in [6, 6.07) is 19.4. The second-order valence-corrected chi connectivity index (χ2v) is 5.37. The van der Waals surface area contributed by atoms with E-state index in [1.807, 2.05) is 49.4 Å². The zero-order valence-corrected chi connectivity index (χ0v) is 13.9. The molecule has 0 spiro atoms. The number of amides is 1. The highest BCUT2D eigenvalue weighted by Crippen LogP contribution is 2.20. The van der Waals surface area contributed by atoms with Gasteiger partial charge in [-0.25, -0.2) is 0 Å². The summed E-state index contributed by atoms with van der Waals surface area (Å²) in [4.78, 5) is 14.6. The van der Waals surface area contributed by atoms with Gasteiger partial charge < -0.3 is 9.64 Å². The molecule has 2 rings (SSSR count). The van der Waals surface area contributed by atoms with Gasteiger partial charge in [-0.15, -0.1) is 0 Å². The van der Waals surface area contributed by atoms with E-state index in [1.54, 1.807) is 17.0 Å². The lowest BCUT2D eigenvalue weighted by atomic mass is 10.1. The first-order valence-corrected chi connectivity index (χ1v) is 8.18. The quantitative estimate of drug-likeness (QED) is 0.745. The lowest BCUT2D eigenvalue weighted by molar-refractivity contribution is 0.0756. The molecule has 2 aromatic rings. The van der Waals surface area contributed by atoms with Crippen molar-refractivity contribution in [1.82, 2.24) is 4.90 Å². The molecule has 1 amide bonds. The van der Waals surface area contributed by atoms with E-state index in [9.17, 15) is 4.79 Å². The molecule has 24 heavy (non-hydrogen) atoms. The molecule has 4 nitrogen and oxygen atoms in total. The van der Waals surface area contributed by atoms with Crippen molar-refractivity contribution in [3.05, 3.63) is 65.7 Å². The zero-order valence-electron chi connectivity index (χ0n) is 13.9. The van der Waals surface area contributed by atoms with E-state index in [4.69, 9.17) is 10.00 Å². The monoisotopic (exact) mass is 322 g/mol. The van der Waals surface area contributed by atoms with Crippen molar-refractivity contribution in [1.29, 1.82) is 5.26 Å². The molecule has 0 unspecified atom stereocenters. The van der Waals surface area contributed by atoms with E-state index in [-0.39, 0.29) is 5.91 Å². The van der Waals surface area contributed by atoms with E-state index < -0.39 is 0 Å². The van der Waals surface area contributed by atoms with E-state index in [0.717, 1.165) is 6.42 Å². The molecule has 0 N–H and O–H groups in total. The SMILES string of the molecule is CCOc1ccccc1C(=O)N(CCC#N)CCc1ccccc1. The van der Waals surface area contributed by atoms with E-state index in [0.29, 0.717) is 37.4 Å². The fourth-order valence-corrected chi connectivity index (χ4v) is 2.50. The molecule has 2 aromatic carbocycles. The van der Waals surface area contributed by atoms with Gasteiger partial charge in [0.2, 0.25) is 0 Å². The van der Waals surface area contributed by atoms with Gasteiger partial charge in [0, 0.05) is 13.1 Å². The van der Waals surface area contributed by atoms with Crippen LogP contribution in [-0.2, 0) is 6.42 Å². The Morgan fingerprint density at radius 3 is 2.50 bits per heavy atom. The first-order chi connectivity index (χ1) is 11.8. The van der Waals surface area contributed by atoms with Crippen LogP contribution in [0, 0.1) is 11.3 Å². The van der Waals surface area contributed by atoms with Crippen molar-refractivity contribution in [3.63, 3.8) is 0 Å². The average Bonchev–Trinajstić information content (AvgIpc) is 2.63. The Balaban J connectivity index is 2.14. The van der Waals surface area contributed by atoms with E-state index >= 15 is 0 Å². The van der Waals surface area contributed by atoms with Crippen LogP contribution in [0.1, 0.15) is 29.3 Å². The van der Waals surface area contributed by atoms with Crippen LogP contribution < -0.4 is 4.74 Å². The highest BCUT2D eigenvalue weighted by molar-refractivity contribution is 5.97. The second kappa shape index (κ2) is 9.36. The number of nitrogens with zero attached hydrogens (tertiary/aromatic N) is 2. The van der Waals surface area contributed by atoms with E-state index in [2.05, 4.69) is 6.07 Å². The third-order valence-electron chi connectivity index (χ3n) is 3.71. The maximum atomic E-state index is 12.9. The third-order valence-corrected chi connectivity index (χ3v) is 3.71. The van der Waals surface area contributed by atoms with Gasteiger partial charge in [-0.3, -0.25) is 4.79 Å². The van der Waals surface area contributed by atoms with Gasteiger partial charge in [0.05, 0.1) is 24.7 Å². The van der Waals surface area contributed by atoms with Gasteiger partial charge in [0.1, 0.15) is 5.75 Å². The number of carbonyl (C=O) groups is 1. The molecule has 0 saturated heterocycles. The van der Waals surface area contributed by atoms with Crippen LogP contribution in [0.4, 0.5) is 0 Å². The van der Waals surface area contributed by atoms with Crippen LogP contribution in [-0.4, -0.2) is 30.5 Å². The van der Waals surface area contributed by atoms with Gasteiger partial charge in [-0.2, -0.15) is 5.26 Å². The number of ether oxygens (including phenoxy) is 1. The molecule has 0 aromatic heterocycles. The van der Waals surface area contributed by atoms with Crippen LogP contribution in [0.2, 0.25) is 0 Å². The largest absolute Gasteiger partial charge is 0.493 e. The Bertz CT molecular complexity index is 692. The normalized spacial score (nSPS) is 10.0. The molecule has 0 heterocycles. The standard InChI is InChI=1S/C20H22N2O2/c1-2-24-19-12-7-6-11-18(19)20(23)22(15-8-14-21)16-13-17-9-4-3-5-10-17/h3-7,9-12H,2,8,13,15-16H2,1H3. The van der Waals surface area contributed by atoms with Gasteiger partial charge in [-0.05, 0) is 31.0 Å². The Morgan fingerprint density at radius 2 is 1.79 bits per heavy atom. The molecule has 0 fully saturated rings. The van der Waals surface area contributed by atoms with Crippen LogP contribution in [0.5, 0.6) is 5.75 Å². The molecule has 0 aliphatic carbocycles. The molecule has 4 heteroatoms. The maximum absolute atomic E-state index is 12.9. The average molecular weight is 322 g/mol. The summed E-state index contributed by atoms with van der Waals surface area (Å²) in [5.74, 6) is 0.497. The summed E-state index contributed by atoms with van der Waals surface area (Å²) < 4.78 is 5.56. The predicted octanol–water partition coefficient (Wildman–Crippen LogP) is 3.68. The van der Waals surface area contributed by atoms with Crippen LogP contribution in [0.15, 0.2) is 54.6 Å². The minimum atomic E-state index is -0.0924. The number of carbonyl (C=O) groups excluding carboxylic acids is 1. The maximum Gasteiger partial charge on any atom is 0.257 e. The van der Waals surface area contributed by atoms with Crippen LogP contribution >= 0.6 is 0 Å². The van der Waals surface area contributed by atoms with Crippen molar-refractivity contribution in [2.24, 2.45) is 0 Å². The third kappa shape index (κ3) is 4.85. The predicted molar refractivity (Wildman–Crippen MR) is 93.9 cm³/mol. The van der Waals surface area contributed by atoms with Gasteiger partial charge in [-0.1, -0.05) is 42.5 Å². The molecule has 124 valence electrons. The molecule has 0 bridgehead atoms. The van der Waals surface area contributed by atoms with Gasteiger partial charge in [0.15, 0.2) is 0 Å². The van der Waals surface area contributed by atoms with Crippen molar-refractivity contribution in [3.8, 4) is 11.8 Å². The number of para-hydroxylation sites is 1. The highest BCUT2D eigenvalue weighted by Gasteiger charge is 2.19. The van der Waals surface area contributed by atoms with Crippen molar-refractivity contribution in [2.45, 2.75) is 19.8 Å². The molecule has 0 radical (unpaired) electrons. The zero-order chi connectivity index (χ0) is 17.2. The van der Waals surface area contributed by atoms with Gasteiger partial charge >= 0.3 is 0 Å². The summed E-state index contributed by atoms with van der Waals surface area (Å²) >= 11 is 0. The summed E-state index contributed by atoms with van der Waals surface area (Å²) in [6.07, 6.45) is 1.08. The van der Waals surface area contributed by atoms with Crippen LogP contribution in [0.3, 0.4) is 0 Å². The van der Waals surface area contributed by atoms with Crippen LogP contribution in [0.25, 0.3) is 0 Å². The molecule has 0 aliphatic rings. The van der Waals surface area contributed by atoms with Crippen molar-refractivity contribution < 1.29 is 9.53 Å².